The molecule has 0 unspecified atom stereocenters. The molecule has 0 spiro atoms. The minimum atomic E-state index is -0.232. The van der Waals surface area contributed by atoms with Crippen LogP contribution in [0.1, 0.15) is 38.8 Å². The summed E-state index contributed by atoms with van der Waals surface area (Å²) in [6, 6.07) is 13.5. The van der Waals surface area contributed by atoms with E-state index in [1.165, 1.54) is 4.90 Å². The summed E-state index contributed by atoms with van der Waals surface area (Å²) in [5.41, 5.74) is 3.62. The number of hydrogen-bond donors (Lipinski definition) is 1. The zero-order valence-corrected chi connectivity index (χ0v) is 16.3. The Morgan fingerprint density at radius 1 is 1.19 bits per heavy atom. The molecular formula is C22H26N2O3. The monoisotopic (exact) mass is 366 g/mol. The average Bonchev–Trinajstić information content (AvgIpc) is 2.63. The fourth-order valence-electron chi connectivity index (χ4n) is 3.06. The Morgan fingerprint density at radius 3 is 2.67 bits per heavy atom. The number of anilines is 2. The van der Waals surface area contributed by atoms with E-state index in [-0.39, 0.29) is 30.4 Å². The van der Waals surface area contributed by atoms with Gasteiger partial charge in [0.2, 0.25) is 5.91 Å². The molecule has 0 fully saturated rings. The minimum Gasteiger partial charge on any atom is -0.482 e. The SMILES string of the molecule is CCc1cccc(NC(=O)CN2C(=O)COc3cc(C(C)(C)C)ccc32)c1. The van der Waals surface area contributed by atoms with Gasteiger partial charge in [-0.1, -0.05) is 45.9 Å². The van der Waals surface area contributed by atoms with Gasteiger partial charge in [0.05, 0.1) is 5.69 Å². The van der Waals surface area contributed by atoms with E-state index in [0.717, 1.165) is 23.2 Å². The molecule has 2 amide bonds. The Morgan fingerprint density at radius 2 is 1.96 bits per heavy atom. The third-order valence-electron chi connectivity index (χ3n) is 4.69. The zero-order valence-electron chi connectivity index (χ0n) is 16.3. The summed E-state index contributed by atoms with van der Waals surface area (Å²) in [4.78, 5) is 26.4. The highest BCUT2D eigenvalue weighted by Gasteiger charge is 2.28. The van der Waals surface area contributed by atoms with Crippen LogP contribution in [-0.2, 0) is 21.4 Å². The van der Waals surface area contributed by atoms with Gasteiger partial charge in [-0.05, 0) is 47.2 Å². The van der Waals surface area contributed by atoms with E-state index in [4.69, 9.17) is 4.74 Å². The summed E-state index contributed by atoms with van der Waals surface area (Å²) < 4.78 is 5.61. The second-order valence-corrected chi connectivity index (χ2v) is 7.80. The number of carbonyl (C=O) groups excluding carboxylic acids is 2. The lowest BCUT2D eigenvalue weighted by Crippen LogP contribution is -2.43. The first-order valence-electron chi connectivity index (χ1n) is 9.24. The van der Waals surface area contributed by atoms with Crippen LogP contribution in [0, 0.1) is 0 Å². The molecule has 142 valence electrons. The van der Waals surface area contributed by atoms with E-state index < -0.39 is 0 Å². The lowest BCUT2D eigenvalue weighted by atomic mass is 9.86. The smallest absolute Gasteiger partial charge is 0.265 e. The highest BCUT2D eigenvalue weighted by molar-refractivity contribution is 6.05. The predicted octanol–water partition coefficient (Wildman–Crippen LogP) is 3.91. The van der Waals surface area contributed by atoms with Crippen molar-refractivity contribution in [1.29, 1.82) is 0 Å². The van der Waals surface area contributed by atoms with Gasteiger partial charge in [-0.2, -0.15) is 0 Å². The Labute approximate surface area is 160 Å². The number of amides is 2. The van der Waals surface area contributed by atoms with Crippen molar-refractivity contribution in [2.45, 2.75) is 39.5 Å². The second-order valence-electron chi connectivity index (χ2n) is 7.80. The van der Waals surface area contributed by atoms with Crippen molar-refractivity contribution in [1.82, 2.24) is 0 Å². The number of hydrogen-bond acceptors (Lipinski definition) is 3. The quantitative estimate of drug-likeness (QED) is 0.892. The highest BCUT2D eigenvalue weighted by Crippen LogP contribution is 2.36. The maximum atomic E-state index is 12.5. The van der Waals surface area contributed by atoms with Gasteiger partial charge in [0.25, 0.3) is 5.91 Å². The normalized spacial score (nSPS) is 13.8. The van der Waals surface area contributed by atoms with Gasteiger partial charge in [0.15, 0.2) is 6.61 Å². The van der Waals surface area contributed by atoms with E-state index in [1.807, 2.05) is 42.5 Å². The van der Waals surface area contributed by atoms with Gasteiger partial charge in [-0.3, -0.25) is 14.5 Å². The standard InChI is InChI=1S/C22H26N2O3/c1-5-15-7-6-8-17(11-15)23-20(25)13-24-18-10-9-16(22(2,3)4)12-19(18)27-14-21(24)26/h6-12H,5,13-14H2,1-4H3,(H,23,25). The number of benzene rings is 2. The maximum absolute atomic E-state index is 12.5. The Kier molecular flexibility index (Phi) is 5.22. The molecule has 5 nitrogen and oxygen atoms in total. The van der Waals surface area contributed by atoms with E-state index in [1.54, 1.807) is 0 Å². The largest absolute Gasteiger partial charge is 0.482 e. The number of fused-ring (bicyclic) bond motifs is 1. The molecule has 1 aliphatic rings. The second kappa shape index (κ2) is 7.43. The van der Waals surface area contributed by atoms with E-state index in [0.29, 0.717) is 11.4 Å². The van der Waals surface area contributed by atoms with Gasteiger partial charge in [0, 0.05) is 5.69 Å². The molecule has 2 aromatic rings. The highest BCUT2D eigenvalue weighted by atomic mass is 16.5. The Bertz CT molecular complexity index is 868. The molecule has 0 aliphatic carbocycles. The fourth-order valence-corrected chi connectivity index (χ4v) is 3.06. The molecule has 0 saturated carbocycles. The summed E-state index contributed by atoms with van der Waals surface area (Å²) in [5, 5.41) is 2.88. The topological polar surface area (TPSA) is 58.6 Å². The van der Waals surface area contributed by atoms with Crippen molar-refractivity contribution in [2.24, 2.45) is 0 Å². The minimum absolute atomic E-state index is 0.0215. The molecule has 1 heterocycles. The molecule has 0 saturated heterocycles. The molecule has 1 N–H and O–H groups in total. The van der Waals surface area contributed by atoms with Gasteiger partial charge in [-0.25, -0.2) is 0 Å². The third-order valence-corrected chi connectivity index (χ3v) is 4.69. The van der Waals surface area contributed by atoms with Crippen LogP contribution in [-0.4, -0.2) is 25.0 Å². The Balaban J connectivity index is 1.78. The van der Waals surface area contributed by atoms with Crippen LogP contribution in [0.4, 0.5) is 11.4 Å². The van der Waals surface area contributed by atoms with Gasteiger partial charge in [-0.15, -0.1) is 0 Å². The molecule has 2 aromatic carbocycles. The van der Waals surface area contributed by atoms with Crippen LogP contribution in [0.25, 0.3) is 0 Å². The number of rotatable bonds is 4. The van der Waals surface area contributed by atoms with Gasteiger partial charge < -0.3 is 10.1 Å². The average molecular weight is 366 g/mol. The molecular weight excluding hydrogens is 340 g/mol. The van der Waals surface area contributed by atoms with Crippen molar-refractivity contribution < 1.29 is 14.3 Å². The van der Waals surface area contributed by atoms with Crippen molar-refractivity contribution in [3.8, 4) is 5.75 Å². The van der Waals surface area contributed by atoms with E-state index >= 15 is 0 Å². The number of nitrogens with one attached hydrogen (secondary N) is 1. The van der Waals surface area contributed by atoms with Crippen LogP contribution in [0.15, 0.2) is 42.5 Å². The number of nitrogens with zero attached hydrogens (tertiary/aromatic N) is 1. The first-order valence-corrected chi connectivity index (χ1v) is 9.24. The summed E-state index contributed by atoms with van der Waals surface area (Å²) in [7, 11) is 0. The molecule has 27 heavy (non-hydrogen) atoms. The van der Waals surface area contributed by atoms with E-state index in [2.05, 4.69) is 33.0 Å². The predicted molar refractivity (Wildman–Crippen MR) is 107 cm³/mol. The van der Waals surface area contributed by atoms with Crippen molar-refractivity contribution in [2.75, 3.05) is 23.4 Å². The molecule has 0 bridgehead atoms. The van der Waals surface area contributed by atoms with Crippen molar-refractivity contribution in [3.05, 3.63) is 53.6 Å². The van der Waals surface area contributed by atoms with Crippen LogP contribution >= 0.6 is 0 Å². The molecule has 0 atom stereocenters. The van der Waals surface area contributed by atoms with E-state index in [9.17, 15) is 9.59 Å². The number of ether oxygens (including phenoxy) is 1. The molecule has 0 radical (unpaired) electrons. The van der Waals surface area contributed by atoms with Crippen LogP contribution < -0.4 is 15.0 Å². The van der Waals surface area contributed by atoms with Crippen LogP contribution in [0.5, 0.6) is 5.75 Å². The third kappa shape index (κ3) is 4.30. The zero-order chi connectivity index (χ0) is 19.6. The first-order chi connectivity index (χ1) is 12.8. The lowest BCUT2D eigenvalue weighted by molar-refractivity contribution is -0.123. The van der Waals surface area contributed by atoms with Crippen molar-refractivity contribution >= 4 is 23.2 Å². The van der Waals surface area contributed by atoms with Crippen LogP contribution in [0.3, 0.4) is 0 Å². The molecule has 0 aromatic heterocycles. The molecule has 5 heteroatoms. The Hall–Kier alpha value is -2.82. The summed E-state index contributed by atoms with van der Waals surface area (Å²) in [6.45, 7) is 8.34. The summed E-state index contributed by atoms with van der Waals surface area (Å²) in [6.07, 6.45) is 0.898. The number of aryl methyl sites for hydroxylation is 1. The summed E-state index contributed by atoms with van der Waals surface area (Å²) in [5.74, 6) is 0.190. The molecule has 1 aliphatic heterocycles. The van der Waals surface area contributed by atoms with Crippen molar-refractivity contribution in [3.63, 3.8) is 0 Å². The maximum Gasteiger partial charge on any atom is 0.265 e. The number of carbonyl (C=O) groups is 2. The lowest BCUT2D eigenvalue weighted by Gasteiger charge is -2.30. The van der Waals surface area contributed by atoms with Crippen LogP contribution in [0.2, 0.25) is 0 Å². The van der Waals surface area contributed by atoms with Gasteiger partial charge in [0.1, 0.15) is 12.3 Å². The van der Waals surface area contributed by atoms with Gasteiger partial charge >= 0.3 is 0 Å². The molecule has 3 rings (SSSR count). The first kappa shape index (κ1) is 19.0. The fraction of sp³-hybridized carbons (Fsp3) is 0.364. The summed E-state index contributed by atoms with van der Waals surface area (Å²) >= 11 is 0.